The SMILES string of the molecule is COc1ccc(CNC(=O)c2cn(-c3ccccc3)nc2-c2ccccc2Cl)cc1. The maximum Gasteiger partial charge on any atom is 0.255 e. The number of para-hydroxylation sites is 1. The van der Waals surface area contributed by atoms with E-state index >= 15 is 0 Å². The molecule has 3 aromatic carbocycles. The van der Waals surface area contributed by atoms with Gasteiger partial charge in [0.2, 0.25) is 0 Å². The summed E-state index contributed by atoms with van der Waals surface area (Å²) in [7, 11) is 1.62. The number of nitrogens with one attached hydrogen (secondary N) is 1. The van der Waals surface area contributed by atoms with E-state index in [4.69, 9.17) is 16.3 Å². The van der Waals surface area contributed by atoms with Crippen LogP contribution in [0.25, 0.3) is 16.9 Å². The molecule has 30 heavy (non-hydrogen) atoms. The van der Waals surface area contributed by atoms with Gasteiger partial charge < -0.3 is 10.1 Å². The zero-order valence-electron chi connectivity index (χ0n) is 16.4. The normalized spacial score (nSPS) is 10.6. The first-order valence-electron chi connectivity index (χ1n) is 9.47. The summed E-state index contributed by atoms with van der Waals surface area (Å²) < 4.78 is 6.87. The van der Waals surface area contributed by atoms with E-state index in [1.165, 1.54) is 0 Å². The van der Waals surface area contributed by atoms with Crippen LogP contribution in [-0.4, -0.2) is 22.8 Å². The lowest BCUT2D eigenvalue weighted by atomic mass is 10.1. The molecule has 4 aromatic rings. The zero-order valence-corrected chi connectivity index (χ0v) is 17.1. The smallest absolute Gasteiger partial charge is 0.255 e. The largest absolute Gasteiger partial charge is 0.497 e. The number of methoxy groups -OCH3 is 1. The zero-order chi connectivity index (χ0) is 20.9. The Morgan fingerprint density at radius 3 is 2.40 bits per heavy atom. The third-order valence-electron chi connectivity index (χ3n) is 4.72. The minimum atomic E-state index is -0.220. The van der Waals surface area contributed by atoms with Crippen molar-refractivity contribution < 1.29 is 9.53 Å². The van der Waals surface area contributed by atoms with Gasteiger partial charge in [0, 0.05) is 18.3 Å². The van der Waals surface area contributed by atoms with Crippen molar-refractivity contribution in [3.63, 3.8) is 0 Å². The van der Waals surface area contributed by atoms with Crippen molar-refractivity contribution in [2.24, 2.45) is 0 Å². The molecule has 5 nitrogen and oxygen atoms in total. The highest BCUT2D eigenvalue weighted by Crippen LogP contribution is 2.30. The molecule has 0 aliphatic carbocycles. The average molecular weight is 418 g/mol. The van der Waals surface area contributed by atoms with Gasteiger partial charge in [-0.15, -0.1) is 0 Å². The Hall–Kier alpha value is -3.57. The Labute approximate surface area is 179 Å². The monoisotopic (exact) mass is 417 g/mol. The third-order valence-corrected chi connectivity index (χ3v) is 5.05. The van der Waals surface area contributed by atoms with E-state index in [1.807, 2.05) is 72.8 Å². The molecule has 0 aliphatic heterocycles. The van der Waals surface area contributed by atoms with Crippen LogP contribution >= 0.6 is 11.6 Å². The first kappa shape index (κ1) is 19.7. The van der Waals surface area contributed by atoms with Gasteiger partial charge in [-0.2, -0.15) is 5.10 Å². The number of benzene rings is 3. The van der Waals surface area contributed by atoms with Gasteiger partial charge in [-0.3, -0.25) is 4.79 Å². The van der Waals surface area contributed by atoms with Crippen LogP contribution in [-0.2, 0) is 6.54 Å². The molecule has 1 heterocycles. The fraction of sp³-hybridized carbons (Fsp3) is 0.0833. The average Bonchev–Trinajstić information content (AvgIpc) is 3.24. The van der Waals surface area contributed by atoms with Gasteiger partial charge in [-0.25, -0.2) is 4.68 Å². The number of carbonyl (C=O) groups is 1. The number of rotatable bonds is 6. The van der Waals surface area contributed by atoms with Gasteiger partial charge in [0.05, 0.1) is 23.4 Å². The van der Waals surface area contributed by atoms with Gasteiger partial charge in [0.15, 0.2) is 0 Å². The summed E-state index contributed by atoms with van der Waals surface area (Å²) in [4.78, 5) is 13.1. The van der Waals surface area contributed by atoms with Crippen LogP contribution in [0.2, 0.25) is 5.02 Å². The van der Waals surface area contributed by atoms with Crippen molar-refractivity contribution in [2.75, 3.05) is 7.11 Å². The molecular formula is C24H20ClN3O2. The lowest BCUT2D eigenvalue weighted by Crippen LogP contribution is -2.23. The van der Waals surface area contributed by atoms with Crippen LogP contribution in [0, 0.1) is 0 Å². The van der Waals surface area contributed by atoms with Gasteiger partial charge >= 0.3 is 0 Å². The molecule has 1 amide bonds. The minimum Gasteiger partial charge on any atom is -0.497 e. The summed E-state index contributed by atoms with van der Waals surface area (Å²) in [5.41, 5.74) is 3.54. The maximum absolute atomic E-state index is 13.1. The maximum atomic E-state index is 13.1. The molecule has 0 atom stereocenters. The number of aromatic nitrogens is 2. The summed E-state index contributed by atoms with van der Waals surface area (Å²) in [5, 5.41) is 8.18. The highest BCUT2D eigenvalue weighted by molar-refractivity contribution is 6.33. The Kier molecular flexibility index (Phi) is 5.82. The van der Waals surface area contributed by atoms with E-state index in [0.29, 0.717) is 28.4 Å². The van der Waals surface area contributed by atoms with Crippen molar-refractivity contribution in [2.45, 2.75) is 6.54 Å². The van der Waals surface area contributed by atoms with E-state index in [0.717, 1.165) is 17.0 Å². The van der Waals surface area contributed by atoms with Crippen molar-refractivity contribution >= 4 is 17.5 Å². The standard InChI is InChI=1S/C24H20ClN3O2/c1-30-19-13-11-17(12-14-19)15-26-24(29)21-16-28(18-7-3-2-4-8-18)27-23(21)20-9-5-6-10-22(20)25/h2-14,16H,15H2,1H3,(H,26,29). The Morgan fingerprint density at radius 1 is 1.00 bits per heavy atom. The Morgan fingerprint density at radius 2 is 1.70 bits per heavy atom. The summed E-state index contributed by atoms with van der Waals surface area (Å²) in [5.74, 6) is 0.554. The van der Waals surface area contributed by atoms with E-state index in [9.17, 15) is 4.79 Å². The number of hydrogen-bond acceptors (Lipinski definition) is 3. The second-order valence-corrected chi connectivity index (χ2v) is 7.09. The van der Waals surface area contributed by atoms with E-state index in [1.54, 1.807) is 24.1 Å². The van der Waals surface area contributed by atoms with E-state index in [-0.39, 0.29) is 5.91 Å². The van der Waals surface area contributed by atoms with Crippen molar-refractivity contribution in [3.8, 4) is 22.7 Å². The molecule has 0 unspecified atom stereocenters. The van der Waals surface area contributed by atoms with E-state index in [2.05, 4.69) is 10.4 Å². The van der Waals surface area contributed by atoms with Gasteiger partial charge in [-0.05, 0) is 35.9 Å². The molecule has 0 saturated carbocycles. The minimum absolute atomic E-state index is 0.220. The molecule has 0 saturated heterocycles. The molecule has 0 radical (unpaired) electrons. The van der Waals surface area contributed by atoms with E-state index < -0.39 is 0 Å². The molecule has 1 N–H and O–H groups in total. The Balaban J connectivity index is 1.65. The van der Waals surface area contributed by atoms with Crippen LogP contribution in [0.3, 0.4) is 0 Å². The van der Waals surface area contributed by atoms with Crippen LogP contribution in [0.4, 0.5) is 0 Å². The van der Waals surface area contributed by atoms with Gasteiger partial charge in [0.1, 0.15) is 11.4 Å². The summed E-state index contributed by atoms with van der Waals surface area (Å²) in [6.45, 7) is 0.390. The first-order chi connectivity index (χ1) is 14.7. The molecule has 1 aromatic heterocycles. The van der Waals surface area contributed by atoms with Gasteiger partial charge in [-0.1, -0.05) is 60.1 Å². The Bertz CT molecular complexity index is 1150. The number of nitrogens with zero attached hydrogens (tertiary/aromatic N) is 2. The number of amides is 1. The second kappa shape index (κ2) is 8.84. The fourth-order valence-corrected chi connectivity index (χ4v) is 3.35. The summed E-state index contributed by atoms with van der Waals surface area (Å²) >= 11 is 6.40. The quantitative estimate of drug-likeness (QED) is 0.473. The molecule has 4 rings (SSSR count). The molecule has 0 aliphatic rings. The summed E-state index contributed by atoms with van der Waals surface area (Å²) in [6, 6.07) is 24.6. The number of halogens is 1. The van der Waals surface area contributed by atoms with Crippen molar-refractivity contribution in [1.29, 1.82) is 0 Å². The molecule has 150 valence electrons. The van der Waals surface area contributed by atoms with Crippen LogP contribution in [0.5, 0.6) is 5.75 Å². The summed E-state index contributed by atoms with van der Waals surface area (Å²) in [6.07, 6.45) is 1.73. The first-order valence-corrected chi connectivity index (χ1v) is 9.84. The molecule has 6 heteroatoms. The number of ether oxygens (including phenoxy) is 1. The van der Waals surface area contributed by atoms with Crippen LogP contribution in [0.1, 0.15) is 15.9 Å². The highest BCUT2D eigenvalue weighted by atomic mass is 35.5. The van der Waals surface area contributed by atoms with Crippen LogP contribution in [0.15, 0.2) is 85.1 Å². The fourth-order valence-electron chi connectivity index (χ4n) is 3.13. The molecule has 0 fully saturated rings. The van der Waals surface area contributed by atoms with Crippen molar-refractivity contribution in [1.82, 2.24) is 15.1 Å². The third kappa shape index (κ3) is 4.21. The number of hydrogen-bond donors (Lipinski definition) is 1. The van der Waals surface area contributed by atoms with Crippen molar-refractivity contribution in [3.05, 3.63) is 101 Å². The lowest BCUT2D eigenvalue weighted by molar-refractivity contribution is 0.0951. The topological polar surface area (TPSA) is 56.1 Å². The number of carbonyl (C=O) groups excluding carboxylic acids is 1. The molecule has 0 bridgehead atoms. The van der Waals surface area contributed by atoms with Gasteiger partial charge in [0.25, 0.3) is 5.91 Å². The molecular weight excluding hydrogens is 398 g/mol. The second-order valence-electron chi connectivity index (χ2n) is 6.68. The predicted octanol–water partition coefficient (Wildman–Crippen LogP) is 5.13. The van der Waals surface area contributed by atoms with Crippen LogP contribution < -0.4 is 10.1 Å². The highest BCUT2D eigenvalue weighted by Gasteiger charge is 2.20. The lowest BCUT2D eigenvalue weighted by Gasteiger charge is -2.07. The molecule has 0 spiro atoms. The predicted molar refractivity (Wildman–Crippen MR) is 118 cm³/mol.